The number of likely N-dealkylation sites (N-methyl/N-ethyl adjacent to an activating group) is 1. The number of amides is 1. The molecule has 1 saturated heterocycles. The zero-order chi connectivity index (χ0) is 17.6. The number of nitrogens with zero attached hydrogens (tertiary/aromatic N) is 2. The van der Waals surface area contributed by atoms with Crippen LogP contribution in [0.2, 0.25) is 0 Å². The van der Waals surface area contributed by atoms with Crippen molar-refractivity contribution >= 4 is 17.3 Å². The minimum atomic E-state index is -0.122. The van der Waals surface area contributed by atoms with Gasteiger partial charge in [-0.1, -0.05) is 18.2 Å². The van der Waals surface area contributed by atoms with Crippen LogP contribution in [-0.4, -0.2) is 50.6 Å². The van der Waals surface area contributed by atoms with Crippen LogP contribution in [0.3, 0.4) is 0 Å². The van der Waals surface area contributed by atoms with E-state index in [1.54, 1.807) is 12.1 Å². The third-order valence-electron chi connectivity index (χ3n) is 4.40. The quantitative estimate of drug-likeness (QED) is 0.909. The molecule has 0 spiro atoms. The van der Waals surface area contributed by atoms with Gasteiger partial charge < -0.3 is 19.9 Å². The Labute approximate surface area is 149 Å². The van der Waals surface area contributed by atoms with Crippen molar-refractivity contribution in [1.29, 1.82) is 0 Å². The van der Waals surface area contributed by atoms with E-state index in [1.165, 1.54) is 0 Å². The average Bonchev–Trinajstić information content (AvgIpc) is 2.63. The molecule has 5 heteroatoms. The largest absolute Gasteiger partial charge is 0.494 e. The highest BCUT2D eigenvalue weighted by molar-refractivity contribution is 6.06. The van der Waals surface area contributed by atoms with Crippen molar-refractivity contribution in [2.75, 3.05) is 50.1 Å². The lowest BCUT2D eigenvalue weighted by Crippen LogP contribution is -2.44. The molecule has 25 heavy (non-hydrogen) atoms. The third-order valence-corrected chi connectivity index (χ3v) is 4.40. The predicted octanol–water partition coefficient (Wildman–Crippen LogP) is 3.09. The third kappa shape index (κ3) is 4.31. The van der Waals surface area contributed by atoms with Crippen LogP contribution in [0, 0.1) is 0 Å². The molecule has 0 bridgehead atoms. The lowest BCUT2D eigenvalue weighted by Gasteiger charge is -2.35. The van der Waals surface area contributed by atoms with Crippen molar-refractivity contribution in [3.63, 3.8) is 0 Å². The molecule has 1 amide bonds. The van der Waals surface area contributed by atoms with Gasteiger partial charge in [0.1, 0.15) is 5.75 Å². The van der Waals surface area contributed by atoms with Crippen molar-refractivity contribution in [3.05, 3.63) is 54.1 Å². The van der Waals surface area contributed by atoms with Crippen LogP contribution in [0.5, 0.6) is 5.75 Å². The minimum Gasteiger partial charge on any atom is -0.494 e. The first kappa shape index (κ1) is 17.3. The van der Waals surface area contributed by atoms with Crippen molar-refractivity contribution < 1.29 is 9.53 Å². The first-order valence-electron chi connectivity index (χ1n) is 8.74. The number of para-hydroxylation sites is 2. The molecular formula is C20H25N3O2. The second-order valence-corrected chi connectivity index (χ2v) is 6.22. The summed E-state index contributed by atoms with van der Waals surface area (Å²) in [4.78, 5) is 17.3. The Kier molecular flexibility index (Phi) is 5.56. The summed E-state index contributed by atoms with van der Waals surface area (Å²) in [6.07, 6.45) is 0. The van der Waals surface area contributed by atoms with E-state index < -0.39 is 0 Å². The van der Waals surface area contributed by atoms with Gasteiger partial charge in [0, 0.05) is 31.7 Å². The smallest absolute Gasteiger partial charge is 0.255 e. The number of carbonyl (C=O) groups excluding carboxylic acids is 1. The van der Waals surface area contributed by atoms with Crippen LogP contribution in [0.4, 0.5) is 11.4 Å². The summed E-state index contributed by atoms with van der Waals surface area (Å²) in [5.41, 5.74) is 2.52. The maximum absolute atomic E-state index is 12.7. The fourth-order valence-electron chi connectivity index (χ4n) is 2.99. The average molecular weight is 339 g/mol. The van der Waals surface area contributed by atoms with Gasteiger partial charge in [0.25, 0.3) is 5.91 Å². The number of ether oxygens (including phenoxy) is 1. The maximum Gasteiger partial charge on any atom is 0.255 e. The molecule has 3 rings (SSSR count). The topological polar surface area (TPSA) is 44.8 Å². The number of hydrogen-bond donors (Lipinski definition) is 1. The summed E-state index contributed by atoms with van der Waals surface area (Å²) in [5, 5.41) is 3.05. The number of anilines is 2. The van der Waals surface area contributed by atoms with Gasteiger partial charge in [-0.3, -0.25) is 4.79 Å². The van der Waals surface area contributed by atoms with E-state index in [-0.39, 0.29) is 5.91 Å². The standard InChI is InChI=1S/C20H25N3O2/c1-3-25-17-8-6-7-16(15-17)20(24)21-18-9-4-5-10-19(18)23-13-11-22(2)12-14-23/h4-10,15H,3,11-14H2,1-2H3,(H,21,24). The molecule has 1 aliphatic rings. The molecule has 132 valence electrons. The van der Waals surface area contributed by atoms with E-state index in [9.17, 15) is 4.79 Å². The second-order valence-electron chi connectivity index (χ2n) is 6.22. The Morgan fingerprint density at radius 2 is 1.84 bits per heavy atom. The Morgan fingerprint density at radius 3 is 2.60 bits per heavy atom. The van der Waals surface area contributed by atoms with E-state index in [0.717, 1.165) is 37.6 Å². The van der Waals surface area contributed by atoms with E-state index >= 15 is 0 Å². The first-order chi connectivity index (χ1) is 12.2. The number of piperazine rings is 1. The number of nitrogens with one attached hydrogen (secondary N) is 1. The summed E-state index contributed by atoms with van der Waals surface area (Å²) in [6, 6.07) is 15.3. The van der Waals surface area contributed by atoms with Crippen molar-refractivity contribution in [2.45, 2.75) is 6.92 Å². The van der Waals surface area contributed by atoms with Crippen molar-refractivity contribution in [1.82, 2.24) is 4.90 Å². The van der Waals surface area contributed by atoms with Gasteiger partial charge in [0.05, 0.1) is 18.0 Å². The number of rotatable bonds is 5. The second kappa shape index (κ2) is 8.03. The van der Waals surface area contributed by atoms with Crippen LogP contribution < -0.4 is 15.0 Å². The Morgan fingerprint density at radius 1 is 1.08 bits per heavy atom. The molecule has 0 aliphatic carbocycles. The predicted molar refractivity (Wildman–Crippen MR) is 102 cm³/mol. The minimum absolute atomic E-state index is 0.122. The molecule has 2 aromatic rings. The van der Waals surface area contributed by atoms with Crippen LogP contribution >= 0.6 is 0 Å². The zero-order valence-electron chi connectivity index (χ0n) is 14.9. The number of hydrogen-bond acceptors (Lipinski definition) is 4. The Balaban J connectivity index is 1.76. The molecule has 0 aromatic heterocycles. The molecule has 0 saturated carbocycles. The zero-order valence-corrected chi connectivity index (χ0v) is 14.9. The highest BCUT2D eigenvalue weighted by Gasteiger charge is 2.18. The molecular weight excluding hydrogens is 314 g/mol. The molecule has 5 nitrogen and oxygen atoms in total. The molecule has 1 fully saturated rings. The van der Waals surface area contributed by atoms with Gasteiger partial charge in [0.2, 0.25) is 0 Å². The van der Waals surface area contributed by atoms with Gasteiger partial charge in [-0.25, -0.2) is 0 Å². The monoisotopic (exact) mass is 339 g/mol. The highest BCUT2D eigenvalue weighted by Crippen LogP contribution is 2.27. The summed E-state index contributed by atoms with van der Waals surface area (Å²) < 4.78 is 5.48. The van der Waals surface area contributed by atoms with Crippen LogP contribution in [0.25, 0.3) is 0 Å². The molecule has 0 atom stereocenters. The summed E-state index contributed by atoms with van der Waals surface area (Å²) in [7, 11) is 2.14. The fourth-order valence-corrected chi connectivity index (χ4v) is 2.99. The van der Waals surface area contributed by atoms with Crippen LogP contribution in [-0.2, 0) is 0 Å². The van der Waals surface area contributed by atoms with E-state index in [0.29, 0.717) is 17.9 Å². The normalized spacial score (nSPS) is 15.0. The number of carbonyl (C=O) groups is 1. The molecule has 1 aliphatic heterocycles. The maximum atomic E-state index is 12.7. The SMILES string of the molecule is CCOc1cccc(C(=O)Nc2ccccc2N2CCN(C)CC2)c1. The molecule has 1 N–H and O–H groups in total. The van der Waals surface area contributed by atoms with E-state index in [2.05, 4.69) is 28.2 Å². The van der Waals surface area contributed by atoms with Crippen molar-refractivity contribution in [2.24, 2.45) is 0 Å². The highest BCUT2D eigenvalue weighted by atomic mass is 16.5. The number of benzene rings is 2. The fraction of sp³-hybridized carbons (Fsp3) is 0.350. The summed E-state index contributed by atoms with van der Waals surface area (Å²) >= 11 is 0. The van der Waals surface area contributed by atoms with Gasteiger partial charge in [0.15, 0.2) is 0 Å². The molecule has 1 heterocycles. The van der Waals surface area contributed by atoms with Gasteiger partial charge >= 0.3 is 0 Å². The van der Waals surface area contributed by atoms with E-state index in [4.69, 9.17) is 4.74 Å². The Hall–Kier alpha value is -2.53. The van der Waals surface area contributed by atoms with Crippen LogP contribution in [0.15, 0.2) is 48.5 Å². The van der Waals surface area contributed by atoms with Gasteiger partial charge in [-0.15, -0.1) is 0 Å². The molecule has 0 unspecified atom stereocenters. The molecule has 0 radical (unpaired) electrons. The lowest BCUT2D eigenvalue weighted by molar-refractivity contribution is 0.102. The molecule has 2 aromatic carbocycles. The summed E-state index contributed by atoms with van der Waals surface area (Å²) in [5.74, 6) is 0.589. The summed E-state index contributed by atoms with van der Waals surface area (Å²) in [6.45, 7) is 6.49. The lowest BCUT2D eigenvalue weighted by atomic mass is 10.1. The van der Waals surface area contributed by atoms with Crippen molar-refractivity contribution in [3.8, 4) is 5.75 Å². The first-order valence-corrected chi connectivity index (χ1v) is 8.74. The van der Waals surface area contributed by atoms with E-state index in [1.807, 2.05) is 37.3 Å². The Bertz CT molecular complexity index is 724. The van der Waals surface area contributed by atoms with Gasteiger partial charge in [-0.2, -0.15) is 0 Å². The van der Waals surface area contributed by atoms with Crippen LogP contribution in [0.1, 0.15) is 17.3 Å². The van der Waals surface area contributed by atoms with Gasteiger partial charge in [-0.05, 0) is 44.3 Å².